The van der Waals surface area contributed by atoms with Crippen LogP contribution in [0.25, 0.3) is 0 Å². The second-order valence-electron chi connectivity index (χ2n) is 5.32. The van der Waals surface area contributed by atoms with Crippen molar-refractivity contribution < 1.29 is 9.15 Å². The zero-order valence-electron chi connectivity index (χ0n) is 11.7. The summed E-state index contributed by atoms with van der Waals surface area (Å²) in [7, 11) is 1.65. The number of hydrogen-bond donors (Lipinski definition) is 1. The summed E-state index contributed by atoms with van der Waals surface area (Å²) in [5, 5.41) is 13.4. The Morgan fingerprint density at radius 1 is 1.26 bits per heavy atom. The van der Waals surface area contributed by atoms with Gasteiger partial charge in [-0.3, -0.25) is 0 Å². The topological polar surface area (TPSA) is 60.2 Å². The zero-order valence-corrected chi connectivity index (χ0v) is 12.5. The summed E-state index contributed by atoms with van der Waals surface area (Å²) in [5.41, 5.74) is 0.0356. The Morgan fingerprint density at radius 2 is 2.00 bits per heavy atom. The highest BCUT2D eigenvalue weighted by molar-refractivity contribution is 7.15. The number of methoxy groups -OCH3 is 1. The van der Waals surface area contributed by atoms with E-state index in [-0.39, 0.29) is 5.41 Å². The third-order valence-electron chi connectivity index (χ3n) is 2.48. The molecule has 0 saturated carbocycles. The highest BCUT2D eigenvalue weighted by Crippen LogP contribution is 2.27. The Bertz CT molecular complexity index is 528. The highest BCUT2D eigenvalue weighted by Gasteiger charge is 2.19. The fraction of sp³-hybridized carbons (Fsp3) is 0.538. The molecule has 2 rings (SSSR count). The minimum atomic E-state index is 0.0356. The van der Waals surface area contributed by atoms with Crippen LogP contribution in [0.5, 0.6) is 0 Å². The maximum absolute atomic E-state index is 5.59. The summed E-state index contributed by atoms with van der Waals surface area (Å²) in [6.07, 6.45) is 0. The van der Waals surface area contributed by atoms with Crippen LogP contribution in [0.1, 0.15) is 37.3 Å². The predicted octanol–water partition coefficient (Wildman–Crippen LogP) is 3.19. The van der Waals surface area contributed by atoms with Crippen molar-refractivity contribution in [3.05, 3.63) is 28.7 Å². The van der Waals surface area contributed by atoms with Gasteiger partial charge in [0.2, 0.25) is 5.13 Å². The molecule has 0 bridgehead atoms. The molecule has 0 aliphatic rings. The Morgan fingerprint density at radius 3 is 2.63 bits per heavy atom. The second kappa shape index (κ2) is 5.71. The lowest BCUT2D eigenvalue weighted by atomic mass is 9.98. The van der Waals surface area contributed by atoms with Crippen LogP contribution in [0.2, 0.25) is 0 Å². The maximum Gasteiger partial charge on any atom is 0.206 e. The SMILES string of the molecule is COCc1ccc(CNc2nnc(C(C)(C)C)s2)o1. The monoisotopic (exact) mass is 281 g/mol. The number of nitrogens with one attached hydrogen (secondary N) is 1. The van der Waals surface area contributed by atoms with Crippen LogP contribution in [0.15, 0.2) is 16.5 Å². The van der Waals surface area contributed by atoms with E-state index in [9.17, 15) is 0 Å². The van der Waals surface area contributed by atoms with Gasteiger partial charge < -0.3 is 14.5 Å². The molecule has 0 atom stereocenters. The van der Waals surface area contributed by atoms with E-state index in [4.69, 9.17) is 9.15 Å². The van der Waals surface area contributed by atoms with Crippen molar-refractivity contribution in [1.82, 2.24) is 10.2 Å². The summed E-state index contributed by atoms with van der Waals surface area (Å²) >= 11 is 1.58. The summed E-state index contributed by atoms with van der Waals surface area (Å²) in [5.74, 6) is 1.69. The predicted molar refractivity (Wildman–Crippen MR) is 75.4 cm³/mol. The van der Waals surface area contributed by atoms with Crippen LogP contribution < -0.4 is 5.32 Å². The largest absolute Gasteiger partial charge is 0.462 e. The number of aromatic nitrogens is 2. The molecule has 0 spiro atoms. The standard InChI is InChI=1S/C13H19N3O2S/c1-13(2,3)11-15-16-12(19-11)14-7-9-5-6-10(18-9)8-17-4/h5-6H,7-8H2,1-4H3,(H,14,16). The fourth-order valence-corrected chi connectivity index (χ4v) is 2.29. The molecule has 19 heavy (non-hydrogen) atoms. The lowest BCUT2D eigenvalue weighted by Crippen LogP contribution is -2.10. The van der Waals surface area contributed by atoms with Crippen LogP contribution in [0.4, 0.5) is 5.13 Å². The van der Waals surface area contributed by atoms with Crippen molar-refractivity contribution in [2.24, 2.45) is 0 Å². The van der Waals surface area contributed by atoms with E-state index in [1.165, 1.54) is 0 Å². The van der Waals surface area contributed by atoms with Crippen LogP contribution in [0.3, 0.4) is 0 Å². The van der Waals surface area contributed by atoms with Crippen LogP contribution in [-0.4, -0.2) is 17.3 Å². The van der Waals surface area contributed by atoms with Gasteiger partial charge in [0.25, 0.3) is 0 Å². The van der Waals surface area contributed by atoms with Crippen molar-refractivity contribution in [2.75, 3.05) is 12.4 Å². The number of ether oxygens (including phenoxy) is 1. The molecule has 2 aromatic rings. The van der Waals surface area contributed by atoms with E-state index in [2.05, 4.69) is 36.3 Å². The minimum Gasteiger partial charge on any atom is -0.462 e. The molecule has 0 fully saturated rings. The fourth-order valence-electron chi connectivity index (χ4n) is 1.50. The Labute approximate surface area is 117 Å². The first-order valence-electron chi connectivity index (χ1n) is 6.13. The quantitative estimate of drug-likeness (QED) is 0.912. The molecule has 5 nitrogen and oxygen atoms in total. The summed E-state index contributed by atoms with van der Waals surface area (Å²) in [6, 6.07) is 3.86. The summed E-state index contributed by atoms with van der Waals surface area (Å²) in [4.78, 5) is 0. The first kappa shape index (κ1) is 14.0. The van der Waals surface area contributed by atoms with E-state index in [1.54, 1.807) is 18.4 Å². The molecule has 0 unspecified atom stereocenters. The number of hydrogen-bond acceptors (Lipinski definition) is 6. The molecule has 0 aliphatic heterocycles. The van der Waals surface area contributed by atoms with Crippen molar-refractivity contribution in [1.29, 1.82) is 0 Å². The van der Waals surface area contributed by atoms with E-state index < -0.39 is 0 Å². The van der Waals surface area contributed by atoms with Crippen molar-refractivity contribution in [3.63, 3.8) is 0 Å². The Kier molecular flexibility index (Phi) is 4.21. The molecule has 6 heteroatoms. The van der Waals surface area contributed by atoms with Crippen LogP contribution in [0, 0.1) is 0 Å². The molecular weight excluding hydrogens is 262 g/mol. The Hall–Kier alpha value is -1.40. The average Bonchev–Trinajstić information content (AvgIpc) is 2.94. The number of furan rings is 1. The first-order valence-corrected chi connectivity index (χ1v) is 6.95. The summed E-state index contributed by atoms with van der Waals surface area (Å²) in [6.45, 7) is 7.47. The third-order valence-corrected chi connectivity index (χ3v) is 3.79. The Balaban J connectivity index is 1.93. The van der Waals surface area contributed by atoms with Gasteiger partial charge in [-0.2, -0.15) is 0 Å². The molecule has 2 aromatic heterocycles. The number of rotatable bonds is 5. The van der Waals surface area contributed by atoms with Gasteiger partial charge in [-0.15, -0.1) is 10.2 Å². The van der Waals surface area contributed by atoms with Crippen molar-refractivity contribution in [3.8, 4) is 0 Å². The van der Waals surface area contributed by atoms with E-state index in [0.29, 0.717) is 13.2 Å². The molecule has 1 N–H and O–H groups in total. The molecule has 104 valence electrons. The minimum absolute atomic E-state index is 0.0356. The number of anilines is 1. The van der Waals surface area contributed by atoms with Gasteiger partial charge in [-0.05, 0) is 12.1 Å². The van der Waals surface area contributed by atoms with Gasteiger partial charge in [0.05, 0.1) is 6.54 Å². The van der Waals surface area contributed by atoms with Crippen molar-refractivity contribution in [2.45, 2.75) is 39.3 Å². The molecule has 0 aliphatic carbocycles. The van der Waals surface area contributed by atoms with E-state index in [1.807, 2.05) is 12.1 Å². The molecule has 0 saturated heterocycles. The van der Waals surface area contributed by atoms with Crippen LogP contribution in [-0.2, 0) is 23.3 Å². The highest BCUT2D eigenvalue weighted by atomic mass is 32.1. The van der Waals surface area contributed by atoms with Gasteiger partial charge in [-0.25, -0.2) is 0 Å². The normalized spacial score (nSPS) is 11.8. The molecular formula is C13H19N3O2S. The zero-order chi connectivity index (χ0) is 13.9. The molecule has 0 radical (unpaired) electrons. The van der Waals surface area contributed by atoms with E-state index in [0.717, 1.165) is 21.7 Å². The van der Waals surface area contributed by atoms with Crippen LogP contribution >= 0.6 is 11.3 Å². The van der Waals surface area contributed by atoms with Gasteiger partial charge in [-0.1, -0.05) is 32.1 Å². The smallest absolute Gasteiger partial charge is 0.206 e. The molecule has 0 aromatic carbocycles. The third kappa shape index (κ3) is 3.78. The molecule has 2 heterocycles. The lowest BCUT2D eigenvalue weighted by Gasteiger charge is -2.12. The van der Waals surface area contributed by atoms with E-state index >= 15 is 0 Å². The second-order valence-corrected chi connectivity index (χ2v) is 6.29. The first-order chi connectivity index (χ1) is 8.99. The maximum atomic E-state index is 5.59. The number of nitrogens with zero attached hydrogens (tertiary/aromatic N) is 2. The molecule has 0 amide bonds. The summed E-state index contributed by atoms with van der Waals surface area (Å²) < 4.78 is 10.6. The van der Waals surface area contributed by atoms with Gasteiger partial charge >= 0.3 is 0 Å². The van der Waals surface area contributed by atoms with Gasteiger partial charge in [0.15, 0.2) is 0 Å². The van der Waals surface area contributed by atoms with Gasteiger partial charge in [0.1, 0.15) is 23.1 Å². The van der Waals surface area contributed by atoms with Crippen molar-refractivity contribution >= 4 is 16.5 Å². The average molecular weight is 281 g/mol. The lowest BCUT2D eigenvalue weighted by molar-refractivity contribution is 0.163. The van der Waals surface area contributed by atoms with Gasteiger partial charge in [0, 0.05) is 12.5 Å².